The fourth-order valence-electron chi connectivity index (χ4n) is 0.938. The van der Waals surface area contributed by atoms with E-state index in [1.165, 1.54) is 0 Å². The summed E-state index contributed by atoms with van der Waals surface area (Å²) in [6.45, 7) is 4.30. The van der Waals surface area contributed by atoms with Crippen molar-refractivity contribution in [2.75, 3.05) is 0 Å². The van der Waals surface area contributed by atoms with Gasteiger partial charge in [0.05, 0.1) is 12.4 Å². The molecule has 0 aliphatic carbocycles. The average Bonchev–Trinajstić information content (AvgIpc) is 1.64. The van der Waals surface area contributed by atoms with E-state index in [4.69, 9.17) is 0 Å². The molecule has 0 aromatic rings. The predicted molar refractivity (Wildman–Crippen MR) is 35.2 cm³/mol. The van der Waals surface area contributed by atoms with Gasteiger partial charge in [-0.2, -0.15) is 0 Å². The van der Waals surface area contributed by atoms with E-state index in [-0.39, 0.29) is 0 Å². The topological polar surface area (TPSA) is 24.4 Å². The van der Waals surface area contributed by atoms with Gasteiger partial charge in [0.2, 0.25) is 0 Å². The van der Waals surface area contributed by atoms with Crippen LogP contribution in [0.5, 0.6) is 0 Å². The van der Waals surface area contributed by atoms with Crippen LogP contribution in [0.25, 0.3) is 0 Å². The molecule has 1 aliphatic heterocycles. The van der Waals surface area contributed by atoms with Crippen molar-refractivity contribution in [2.45, 2.75) is 32.4 Å². The molecule has 1 rings (SSSR count). The van der Waals surface area contributed by atoms with Gasteiger partial charge in [-0.3, -0.25) is 4.99 Å². The van der Waals surface area contributed by atoms with E-state index in [1.54, 1.807) is 6.34 Å². The van der Waals surface area contributed by atoms with Crippen molar-refractivity contribution in [1.82, 2.24) is 5.32 Å². The zero-order chi connectivity index (χ0) is 5.98. The normalized spacial score (nSPS) is 36.8. The van der Waals surface area contributed by atoms with Crippen LogP contribution < -0.4 is 5.32 Å². The molecule has 2 atom stereocenters. The molecular weight excluding hydrogens is 100 g/mol. The zero-order valence-electron chi connectivity index (χ0n) is 5.39. The molecule has 0 spiro atoms. The Bertz CT molecular complexity index is 98.7. The minimum absolute atomic E-state index is 0.520. The molecule has 0 saturated heterocycles. The Balaban J connectivity index is 2.42. The van der Waals surface area contributed by atoms with Crippen molar-refractivity contribution in [3.05, 3.63) is 0 Å². The molecule has 0 aromatic carbocycles. The summed E-state index contributed by atoms with van der Waals surface area (Å²) >= 11 is 0. The second kappa shape index (κ2) is 2.16. The third-order valence-electron chi connectivity index (χ3n) is 1.38. The molecule has 1 aliphatic rings. The van der Waals surface area contributed by atoms with Gasteiger partial charge in [0.15, 0.2) is 0 Å². The van der Waals surface area contributed by atoms with Crippen molar-refractivity contribution in [3.63, 3.8) is 0 Å². The molecule has 0 amide bonds. The van der Waals surface area contributed by atoms with Crippen LogP contribution in [0.4, 0.5) is 0 Å². The minimum Gasteiger partial charge on any atom is -0.374 e. The third-order valence-corrected chi connectivity index (χ3v) is 1.38. The highest BCUT2D eigenvalue weighted by Crippen LogP contribution is 2.03. The molecule has 46 valence electrons. The molecule has 0 fully saturated rings. The minimum atomic E-state index is 0.520. The van der Waals surface area contributed by atoms with Crippen LogP contribution in [-0.4, -0.2) is 18.4 Å². The third kappa shape index (κ3) is 1.22. The predicted octanol–water partition coefficient (Wildman–Crippen LogP) is 0.785. The highest BCUT2D eigenvalue weighted by Gasteiger charge is 2.08. The first-order valence-electron chi connectivity index (χ1n) is 3.06. The van der Waals surface area contributed by atoms with E-state index in [0.717, 1.165) is 6.42 Å². The summed E-state index contributed by atoms with van der Waals surface area (Å²) in [4.78, 5) is 4.14. The van der Waals surface area contributed by atoms with Crippen LogP contribution in [0, 0.1) is 0 Å². The van der Waals surface area contributed by atoms with E-state index in [0.29, 0.717) is 12.1 Å². The molecule has 1 heterocycles. The quantitative estimate of drug-likeness (QED) is 0.492. The van der Waals surface area contributed by atoms with E-state index in [9.17, 15) is 0 Å². The monoisotopic (exact) mass is 112 g/mol. The lowest BCUT2D eigenvalue weighted by molar-refractivity contribution is 0.520. The Morgan fingerprint density at radius 1 is 1.62 bits per heavy atom. The van der Waals surface area contributed by atoms with Gasteiger partial charge in [-0.05, 0) is 20.3 Å². The van der Waals surface area contributed by atoms with Crippen LogP contribution in [0.3, 0.4) is 0 Å². The molecule has 8 heavy (non-hydrogen) atoms. The first-order chi connectivity index (χ1) is 3.79. The molecule has 0 bridgehead atoms. The van der Waals surface area contributed by atoms with Gasteiger partial charge in [-0.25, -0.2) is 0 Å². The summed E-state index contributed by atoms with van der Waals surface area (Å²) < 4.78 is 0. The number of nitrogens with one attached hydrogen (secondary N) is 1. The fraction of sp³-hybridized carbons (Fsp3) is 0.833. The Hall–Kier alpha value is -0.530. The Labute approximate surface area is 50.0 Å². The number of hydrogen-bond donors (Lipinski definition) is 1. The second-order valence-corrected chi connectivity index (χ2v) is 2.43. The SMILES string of the molecule is CC1CC(C)NC=N1. The molecule has 2 nitrogen and oxygen atoms in total. The molecule has 0 radical (unpaired) electrons. The molecule has 2 heteroatoms. The van der Waals surface area contributed by atoms with Crippen molar-refractivity contribution >= 4 is 6.34 Å². The fourth-order valence-corrected chi connectivity index (χ4v) is 0.938. The van der Waals surface area contributed by atoms with Crippen molar-refractivity contribution in [3.8, 4) is 0 Å². The molecule has 1 N–H and O–H groups in total. The van der Waals surface area contributed by atoms with Crippen LogP contribution in [0.1, 0.15) is 20.3 Å². The molecule has 0 aromatic heterocycles. The van der Waals surface area contributed by atoms with Crippen LogP contribution >= 0.6 is 0 Å². The zero-order valence-corrected chi connectivity index (χ0v) is 5.39. The van der Waals surface area contributed by atoms with Gasteiger partial charge in [0.25, 0.3) is 0 Å². The van der Waals surface area contributed by atoms with Crippen molar-refractivity contribution < 1.29 is 0 Å². The van der Waals surface area contributed by atoms with Gasteiger partial charge in [-0.1, -0.05) is 0 Å². The van der Waals surface area contributed by atoms with Crippen LogP contribution in [0.15, 0.2) is 4.99 Å². The van der Waals surface area contributed by atoms with Gasteiger partial charge >= 0.3 is 0 Å². The van der Waals surface area contributed by atoms with Gasteiger partial charge in [-0.15, -0.1) is 0 Å². The summed E-state index contributed by atoms with van der Waals surface area (Å²) in [5, 5.41) is 3.12. The summed E-state index contributed by atoms with van der Waals surface area (Å²) in [6, 6.07) is 1.13. The maximum absolute atomic E-state index is 4.14. The number of hydrogen-bond acceptors (Lipinski definition) is 2. The first-order valence-corrected chi connectivity index (χ1v) is 3.06. The summed E-state index contributed by atoms with van der Waals surface area (Å²) in [7, 11) is 0. The lowest BCUT2D eigenvalue weighted by Gasteiger charge is -2.18. The molecule has 0 saturated carbocycles. The lowest BCUT2D eigenvalue weighted by Crippen LogP contribution is -2.32. The smallest absolute Gasteiger partial charge is 0.0829 e. The molecule has 2 unspecified atom stereocenters. The first kappa shape index (κ1) is 5.60. The van der Waals surface area contributed by atoms with Crippen molar-refractivity contribution in [2.24, 2.45) is 4.99 Å². The maximum Gasteiger partial charge on any atom is 0.0829 e. The standard InChI is InChI=1S/C6H12N2/c1-5-3-6(2)8-4-7-5/h4-6H,3H2,1-2H3,(H,7,8). The molecular formula is C6H12N2. The van der Waals surface area contributed by atoms with Gasteiger partial charge < -0.3 is 5.32 Å². The maximum atomic E-state index is 4.14. The summed E-state index contributed by atoms with van der Waals surface area (Å²) in [5.41, 5.74) is 0. The van der Waals surface area contributed by atoms with Crippen LogP contribution in [-0.2, 0) is 0 Å². The average molecular weight is 112 g/mol. The number of nitrogens with zero attached hydrogens (tertiary/aromatic N) is 1. The second-order valence-electron chi connectivity index (χ2n) is 2.43. The van der Waals surface area contributed by atoms with Crippen LogP contribution in [0.2, 0.25) is 0 Å². The highest BCUT2D eigenvalue weighted by atomic mass is 15.0. The Morgan fingerprint density at radius 2 is 2.38 bits per heavy atom. The number of aliphatic imine (C=N–C) groups is 1. The Morgan fingerprint density at radius 3 is 2.75 bits per heavy atom. The van der Waals surface area contributed by atoms with Gasteiger partial charge in [0.1, 0.15) is 0 Å². The highest BCUT2D eigenvalue weighted by molar-refractivity contribution is 5.55. The number of rotatable bonds is 0. The summed E-state index contributed by atoms with van der Waals surface area (Å²) in [5.74, 6) is 0. The van der Waals surface area contributed by atoms with Crippen molar-refractivity contribution in [1.29, 1.82) is 0 Å². The van der Waals surface area contributed by atoms with E-state index in [2.05, 4.69) is 24.2 Å². The van der Waals surface area contributed by atoms with E-state index < -0.39 is 0 Å². The van der Waals surface area contributed by atoms with Gasteiger partial charge in [0, 0.05) is 6.04 Å². The Kier molecular flexibility index (Phi) is 1.51. The largest absolute Gasteiger partial charge is 0.374 e. The lowest BCUT2D eigenvalue weighted by atomic mass is 10.1. The summed E-state index contributed by atoms with van der Waals surface area (Å²) in [6.07, 6.45) is 2.97. The van der Waals surface area contributed by atoms with E-state index in [1.807, 2.05) is 0 Å². The van der Waals surface area contributed by atoms with E-state index >= 15 is 0 Å².